The van der Waals surface area contributed by atoms with Crippen LogP contribution in [0, 0.1) is 0 Å². The van der Waals surface area contributed by atoms with Gasteiger partial charge in [-0.05, 0) is 6.42 Å². The Balaban J connectivity index is 3.16. The van der Waals surface area contributed by atoms with E-state index >= 15 is 0 Å². The fourth-order valence-electron chi connectivity index (χ4n) is 1.95. The molecule has 0 bridgehead atoms. The molecule has 0 aromatic carbocycles. The zero-order chi connectivity index (χ0) is 15.1. The number of ketones is 1. The minimum absolute atomic E-state index is 0.118. The molecule has 0 saturated heterocycles. The SMILES string of the molecule is CCCCCCCCCCOCCC(=O)CC(=O)OC. The van der Waals surface area contributed by atoms with Crippen molar-refractivity contribution in [3.8, 4) is 0 Å². The van der Waals surface area contributed by atoms with Crippen molar-refractivity contribution < 1.29 is 19.1 Å². The van der Waals surface area contributed by atoms with Crippen LogP contribution in [0.3, 0.4) is 0 Å². The molecular weight excluding hydrogens is 256 g/mol. The van der Waals surface area contributed by atoms with E-state index in [0.29, 0.717) is 19.6 Å². The number of esters is 1. The molecule has 0 spiro atoms. The molecule has 0 fully saturated rings. The van der Waals surface area contributed by atoms with Crippen molar-refractivity contribution in [1.29, 1.82) is 0 Å². The van der Waals surface area contributed by atoms with Gasteiger partial charge in [-0.2, -0.15) is 0 Å². The minimum atomic E-state index is -0.474. The number of unbranched alkanes of at least 4 members (excludes halogenated alkanes) is 7. The predicted octanol–water partition coefficient (Wildman–Crippen LogP) is 3.67. The summed E-state index contributed by atoms with van der Waals surface area (Å²) in [5.41, 5.74) is 0. The van der Waals surface area contributed by atoms with Gasteiger partial charge < -0.3 is 9.47 Å². The number of rotatable bonds is 14. The molecule has 0 amide bonds. The normalized spacial score (nSPS) is 10.5. The first kappa shape index (κ1) is 19.1. The van der Waals surface area contributed by atoms with Crippen LogP contribution in [0.15, 0.2) is 0 Å². The van der Waals surface area contributed by atoms with Crippen molar-refractivity contribution in [1.82, 2.24) is 0 Å². The van der Waals surface area contributed by atoms with Gasteiger partial charge in [0.05, 0.1) is 13.7 Å². The molecule has 20 heavy (non-hydrogen) atoms. The molecule has 0 aliphatic heterocycles. The molecule has 0 N–H and O–H groups in total. The highest BCUT2D eigenvalue weighted by atomic mass is 16.5. The monoisotopic (exact) mass is 286 g/mol. The van der Waals surface area contributed by atoms with Crippen LogP contribution in [-0.2, 0) is 19.1 Å². The number of methoxy groups -OCH3 is 1. The average molecular weight is 286 g/mol. The van der Waals surface area contributed by atoms with Crippen molar-refractivity contribution in [3.63, 3.8) is 0 Å². The second kappa shape index (κ2) is 14.5. The summed E-state index contributed by atoms with van der Waals surface area (Å²) >= 11 is 0. The van der Waals surface area contributed by atoms with Gasteiger partial charge in [0.2, 0.25) is 0 Å². The highest BCUT2D eigenvalue weighted by Gasteiger charge is 2.08. The van der Waals surface area contributed by atoms with Gasteiger partial charge in [0.15, 0.2) is 0 Å². The van der Waals surface area contributed by atoms with Gasteiger partial charge in [-0.15, -0.1) is 0 Å². The Morgan fingerprint density at radius 3 is 2.05 bits per heavy atom. The van der Waals surface area contributed by atoms with Gasteiger partial charge in [0, 0.05) is 13.0 Å². The van der Waals surface area contributed by atoms with E-state index in [1.54, 1.807) is 0 Å². The van der Waals surface area contributed by atoms with Crippen molar-refractivity contribution in [2.75, 3.05) is 20.3 Å². The van der Waals surface area contributed by atoms with Gasteiger partial charge in [-0.1, -0.05) is 51.9 Å². The molecule has 4 heteroatoms. The lowest BCUT2D eigenvalue weighted by atomic mass is 10.1. The van der Waals surface area contributed by atoms with Crippen LogP contribution in [0.1, 0.15) is 71.1 Å². The number of Topliss-reactive ketones (excluding diaryl/α,β-unsaturated/α-hetero) is 1. The molecule has 0 unspecified atom stereocenters. The van der Waals surface area contributed by atoms with E-state index in [-0.39, 0.29) is 12.2 Å². The Kier molecular flexibility index (Phi) is 13.9. The maximum Gasteiger partial charge on any atom is 0.313 e. The lowest BCUT2D eigenvalue weighted by Crippen LogP contribution is -2.11. The molecule has 0 aromatic heterocycles. The van der Waals surface area contributed by atoms with Crippen LogP contribution in [0.2, 0.25) is 0 Å². The Hall–Kier alpha value is -0.900. The van der Waals surface area contributed by atoms with Crippen molar-refractivity contribution in [2.45, 2.75) is 71.1 Å². The lowest BCUT2D eigenvalue weighted by molar-refractivity contribution is -0.143. The molecule has 0 aliphatic carbocycles. The molecule has 118 valence electrons. The van der Waals surface area contributed by atoms with E-state index in [1.807, 2.05) is 0 Å². The van der Waals surface area contributed by atoms with E-state index in [2.05, 4.69) is 11.7 Å². The Bertz CT molecular complexity index is 251. The first-order chi connectivity index (χ1) is 9.70. The van der Waals surface area contributed by atoms with Gasteiger partial charge in [0.25, 0.3) is 0 Å². The van der Waals surface area contributed by atoms with Crippen molar-refractivity contribution in [3.05, 3.63) is 0 Å². The third-order valence-corrected chi connectivity index (χ3v) is 3.24. The first-order valence-corrected chi connectivity index (χ1v) is 7.87. The van der Waals surface area contributed by atoms with Crippen molar-refractivity contribution >= 4 is 11.8 Å². The maximum absolute atomic E-state index is 11.3. The smallest absolute Gasteiger partial charge is 0.313 e. The number of hydrogen-bond acceptors (Lipinski definition) is 4. The summed E-state index contributed by atoms with van der Waals surface area (Å²) in [5.74, 6) is -0.592. The third-order valence-electron chi connectivity index (χ3n) is 3.24. The van der Waals surface area contributed by atoms with Crippen LogP contribution >= 0.6 is 0 Å². The molecule has 0 aromatic rings. The molecular formula is C16H30O4. The molecule has 0 atom stereocenters. The number of carbonyl (C=O) groups is 2. The van der Waals surface area contributed by atoms with Gasteiger partial charge in [-0.3, -0.25) is 9.59 Å². The second-order valence-electron chi connectivity index (χ2n) is 5.13. The molecule has 4 nitrogen and oxygen atoms in total. The van der Waals surface area contributed by atoms with Crippen LogP contribution in [0.4, 0.5) is 0 Å². The summed E-state index contributed by atoms with van der Waals surface area (Å²) in [7, 11) is 1.29. The number of hydrogen-bond donors (Lipinski definition) is 0. The largest absolute Gasteiger partial charge is 0.469 e. The summed E-state index contributed by atoms with van der Waals surface area (Å²) in [4.78, 5) is 22.1. The highest BCUT2D eigenvalue weighted by Crippen LogP contribution is 2.08. The fraction of sp³-hybridized carbons (Fsp3) is 0.875. The summed E-state index contributed by atoms with van der Waals surface area (Å²) in [6.45, 7) is 3.35. The second-order valence-corrected chi connectivity index (χ2v) is 5.13. The predicted molar refractivity (Wildman–Crippen MR) is 79.7 cm³/mol. The molecule has 0 aliphatic rings. The topological polar surface area (TPSA) is 52.6 Å². The van der Waals surface area contributed by atoms with E-state index in [1.165, 1.54) is 52.1 Å². The first-order valence-electron chi connectivity index (χ1n) is 7.87. The Labute approximate surface area is 123 Å². The summed E-state index contributed by atoms with van der Waals surface area (Å²) in [6, 6.07) is 0. The number of carbonyl (C=O) groups excluding carboxylic acids is 2. The maximum atomic E-state index is 11.3. The van der Waals surface area contributed by atoms with Crippen LogP contribution in [0.25, 0.3) is 0 Å². The average Bonchev–Trinajstić information content (AvgIpc) is 2.44. The third kappa shape index (κ3) is 13.5. The molecule has 0 saturated carbocycles. The Morgan fingerprint density at radius 1 is 0.850 bits per heavy atom. The van der Waals surface area contributed by atoms with Gasteiger partial charge in [0.1, 0.15) is 12.2 Å². The quantitative estimate of drug-likeness (QED) is 0.278. The van der Waals surface area contributed by atoms with Gasteiger partial charge in [-0.25, -0.2) is 0 Å². The zero-order valence-corrected chi connectivity index (χ0v) is 13.1. The van der Waals surface area contributed by atoms with E-state index in [9.17, 15) is 9.59 Å². The van der Waals surface area contributed by atoms with E-state index < -0.39 is 5.97 Å². The summed E-state index contributed by atoms with van der Waals surface area (Å²) < 4.78 is 9.82. The van der Waals surface area contributed by atoms with Crippen LogP contribution in [-0.4, -0.2) is 32.1 Å². The highest BCUT2D eigenvalue weighted by molar-refractivity contribution is 5.95. The summed E-state index contributed by atoms with van der Waals surface area (Å²) in [6.07, 6.45) is 10.3. The fourth-order valence-corrected chi connectivity index (χ4v) is 1.95. The molecule has 0 radical (unpaired) electrons. The van der Waals surface area contributed by atoms with Crippen LogP contribution in [0.5, 0.6) is 0 Å². The lowest BCUT2D eigenvalue weighted by Gasteiger charge is -2.04. The Morgan fingerprint density at radius 2 is 1.45 bits per heavy atom. The molecule has 0 heterocycles. The standard InChI is InChI=1S/C16H30O4/c1-3-4-5-6-7-8-9-10-12-20-13-11-15(17)14-16(18)19-2/h3-14H2,1-2H3. The van der Waals surface area contributed by atoms with Gasteiger partial charge >= 0.3 is 5.97 Å². The molecule has 0 rings (SSSR count). The van der Waals surface area contributed by atoms with E-state index in [0.717, 1.165) is 6.42 Å². The zero-order valence-electron chi connectivity index (χ0n) is 13.1. The number of ether oxygens (including phenoxy) is 2. The van der Waals surface area contributed by atoms with Crippen LogP contribution < -0.4 is 0 Å². The van der Waals surface area contributed by atoms with Crippen molar-refractivity contribution in [2.24, 2.45) is 0 Å². The van der Waals surface area contributed by atoms with E-state index in [4.69, 9.17) is 4.74 Å². The summed E-state index contributed by atoms with van der Waals surface area (Å²) in [5, 5.41) is 0. The minimum Gasteiger partial charge on any atom is -0.469 e.